The molecular weight excluding hydrogens is 208 g/mol. The zero-order chi connectivity index (χ0) is 11.4. The Morgan fingerprint density at radius 3 is 3.00 bits per heavy atom. The van der Waals surface area contributed by atoms with E-state index in [1.54, 1.807) is 0 Å². The summed E-state index contributed by atoms with van der Waals surface area (Å²) in [5, 5.41) is 0. The maximum absolute atomic E-state index is 11.0. The van der Waals surface area contributed by atoms with E-state index in [-0.39, 0.29) is 19.2 Å². The van der Waals surface area contributed by atoms with Crippen molar-refractivity contribution in [3.05, 3.63) is 23.8 Å². The second kappa shape index (κ2) is 4.99. The van der Waals surface area contributed by atoms with E-state index in [0.29, 0.717) is 13.0 Å². The molecule has 2 rings (SSSR count). The summed E-state index contributed by atoms with van der Waals surface area (Å²) >= 11 is 0. The molecule has 86 valence electrons. The molecule has 0 saturated carbocycles. The number of hydrogen-bond acceptors (Lipinski definition) is 4. The van der Waals surface area contributed by atoms with Gasteiger partial charge in [0.2, 0.25) is 6.79 Å². The lowest BCUT2D eigenvalue weighted by molar-refractivity contribution is -0.123. The van der Waals surface area contributed by atoms with Crippen LogP contribution in [0.2, 0.25) is 0 Å². The summed E-state index contributed by atoms with van der Waals surface area (Å²) in [6.07, 6.45) is 0.515. The van der Waals surface area contributed by atoms with Crippen LogP contribution in [-0.2, 0) is 16.1 Å². The Balaban J connectivity index is 1.88. The highest BCUT2D eigenvalue weighted by Crippen LogP contribution is 2.32. The Bertz CT molecular complexity index is 387. The number of rotatable bonds is 5. The van der Waals surface area contributed by atoms with Crippen LogP contribution in [0.15, 0.2) is 18.2 Å². The molecule has 1 aliphatic heterocycles. The van der Waals surface area contributed by atoms with Crippen LogP contribution < -0.4 is 9.47 Å². The van der Waals surface area contributed by atoms with Crippen LogP contribution in [0.3, 0.4) is 0 Å². The monoisotopic (exact) mass is 222 g/mol. The van der Waals surface area contributed by atoms with Crippen LogP contribution in [0.1, 0.15) is 18.9 Å². The van der Waals surface area contributed by atoms with Crippen molar-refractivity contribution in [2.75, 3.05) is 13.4 Å². The average molecular weight is 222 g/mol. The Morgan fingerprint density at radius 2 is 2.19 bits per heavy atom. The SMILES string of the molecule is CCC(=O)COCc1ccc2c(c1)OCO2. The van der Waals surface area contributed by atoms with Crippen LogP contribution in [0, 0.1) is 0 Å². The van der Waals surface area contributed by atoms with Gasteiger partial charge < -0.3 is 14.2 Å². The number of ether oxygens (including phenoxy) is 3. The average Bonchev–Trinajstić information content (AvgIpc) is 2.76. The van der Waals surface area contributed by atoms with Gasteiger partial charge in [-0.05, 0) is 17.7 Å². The quantitative estimate of drug-likeness (QED) is 0.763. The predicted octanol–water partition coefficient (Wildman–Crippen LogP) is 1.91. The van der Waals surface area contributed by atoms with Gasteiger partial charge in [-0.1, -0.05) is 13.0 Å². The van der Waals surface area contributed by atoms with E-state index in [9.17, 15) is 4.79 Å². The first-order valence-corrected chi connectivity index (χ1v) is 5.27. The fraction of sp³-hybridized carbons (Fsp3) is 0.417. The lowest BCUT2D eigenvalue weighted by Crippen LogP contribution is -2.06. The van der Waals surface area contributed by atoms with Crippen LogP contribution in [0.5, 0.6) is 11.5 Å². The van der Waals surface area contributed by atoms with E-state index in [1.165, 1.54) is 0 Å². The number of benzene rings is 1. The summed E-state index contributed by atoms with van der Waals surface area (Å²) in [6.45, 7) is 2.69. The standard InChI is InChI=1S/C12H14O4/c1-2-10(13)7-14-6-9-3-4-11-12(5-9)16-8-15-11/h3-5H,2,6-8H2,1H3. The van der Waals surface area contributed by atoms with Crippen LogP contribution in [-0.4, -0.2) is 19.2 Å². The molecule has 16 heavy (non-hydrogen) atoms. The summed E-state index contributed by atoms with van der Waals surface area (Å²) in [7, 11) is 0. The number of ketones is 1. The summed E-state index contributed by atoms with van der Waals surface area (Å²) < 4.78 is 15.7. The molecule has 4 nitrogen and oxygen atoms in total. The molecule has 0 aliphatic carbocycles. The van der Waals surface area contributed by atoms with Gasteiger partial charge in [-0.2, -0.15) is 0 Å². The summed E-state index contributed by atoms with van der Waals surface area (Å²) in [4.78, 5) is 11.0. The molecular formula is C12H14O4. The highest BCUT2D eigenvalue weighted by Gasteiger charge is 2.13. The summed E-state index contributed by atoms with van der Waals surface area (Å²) in [5.74, 6) is 1.61. The minimum absolute atomic E-state index is 0.112. The van der Waals surface area contributed by atoms with Gasteiger partial charge in [0.15, 0.2) is 17.3 Å². The van der Waals surface area contributed by atoms with E-state index in [1.807, 2.05) is 25.1 Å². The van der Waals surface area contributed by atoms with Crippen LogP contribution in [0.4, 0.5) is 0 Å². The fourth-order valence-corrected chi connectivity index (χ4v) is 1.42. The highest BCUT2D eigenvalue weighted by atomic mass is 16.7. The van der Waals surface area contributed by atoms with Crippen molar-refractivity contribution in [2.45, 2.75) is 20.0 Å². The number of fused-ring (bicyclic) bond motifs is 1. The molecule has 1 heterocycles. The van der Waals surface area contributed by atoms with E-state index in [2.05, 4.69) is 0 Å². The van der Waals surface area contributed by atoms with Crippen molar-refractivity contribution >= 4 is 5.78 Å². The van der Waals surface area contributed by atoms with Gasteiger partial charge in [-0.25, -0.2) is 0 Å². The van der Waals surface area contributed by atoms with Gasteiger partial charge in [0.25, 0.3) is 0 Å². The second-order valence-corrected chi connectivity index (χ2v) is 3.57. The summed E-state index contributed by atoms with van der Waals surface area (Å²) in [6, 6.07) is 5.63. The number of carbonyl (C=O) groups excluding carboxylic acids is 1. The molecule has 0 bridgehead atoms. The van der Waals surface area contributed by atoms with Gasteiger partial charge in [0.05, 0.1) is 6.61 Å². The van der Waals surface area contributed by atoms with Crippen molar-refractivity contribution in [3.63, 3.8) is 0 Å². The zero-order valence-electron chi connectivity index (χ0n) is 9.19. The topological polar surface area (TPSA) is 44.8 Å². The highest BCUT2D eigenvalue weighted by molar-refractivity contribution is 5.79. The molecule has 0 atom stereocenters. The lowest BCUT2D eigenvalue weighted by atomic mass is 10.2. The van der Waals surface area contributed by atoms with Crippen LogP contribution >= 0.6 is 0 Å². The Labute approximate surface area is 94.1 Å². The molecule has 4 heteroatoms. The van der Waals surface area contributed by atoms with E-state index in [4.69, 9.17) is 14.2 Å². The molecule has 0 saturated heterocycles. The second-order valence-electron chi connectivity index (χ2n) is 3.57. The Hall–Kier alpha value is -1.55. The summed E-state index contributed by atoms with van der Waals surface area (Å²) in [5.41, 5.74) is 0.980. The maximum Gasteiger partial charge on any atom is 0.231 e. The fourth-order valence-electron chi connectivity index (χ4n) is 1.42. The molecule has 1 aliphatic rings. The molecule has 0 N–H and O–H groups in total. The predicted molar refractivity (Wildman–Crippen MR) is 57.5 cm³/mol. The van der Waals surface area contributed by atoms with E-state index >= 15 is 0 Å². The van der Waals surface area contributed by atoms with E-state index in [0.717, 1.165) is 17.1 Å². The minimum atomic E-state index is 0.112. The van der Waals surface area contributed by atoms with Crippen molar-refractivity contribution in [1.29, 1.82) is 0 Å². The third-order valence-corrected chi connectivity index (χ3v) is 2.36. The van der Waals surface area contributed by atoms with Gasteiger partial charge in [-0.15, -0.1) is 0 Å². The first-order valence-electron chi connectivity index (χ1n) is 5.27. The molecule has 0 fully saturated rings. The molecule has 0 spiro atoms. The smallest absolute Gasteiger partial charge is 0.231 e. The van der Waals surface area contributed by atoms with Crippen LogP contribution in [0.25, 0.3) is 0 Å². The maximum atomic E-state index is 11.0. The van der Waals surface area contributed by atoms with Gasteiger partial charge in [-0.3, -0.25) is 4.79 Å². The minimum Gasteiger partial charge on any atom is -0.454 e. The zero-order valence-corrected chi connectivity index (χ0v) is 9.19. The van der Waals surface area contributed by atoms with Crippen molar-refractivity contribution in [1.82, 2.24) is 0 Å². The number of carbonyl (C=O) groups is 1. The first-order chi connectivity index (χ1) is 7.79. The van der Waals surface area contributed by atoms with Gasteiger partial charge >= 0.3 is 0 Å². The number of hydrogen-bond donors (Lipinski definition) is 0. The number of Topliss-reactive ketones (excluding diaryl/α,β-unsaturated/α-hetero) is 1. The molecule has 0 amide bonds. The molecule has 0 aromatic heterocycles. The molecule has 0 radical (unpaired) electrons. The molecule has 1 aromatic rings. The normalized spacial score (nSPS) is 12.8. The molecule has 1 aromatic carbocycles. The Morgan fingerprint density at radius 1 is 1.38 bits per heavy atom. The van der Waals surface area contributed by atoms with E-state index < -0.39 is 0 Å². The van der Waals surface area contributed by atoms with Gasteiger partial charge in [0.1, 0.15) is 6.61 Å². The Kier molecular flexibility index (Phi) is 3.41. The van der Waals surface area contributed by atoms with Gasteiger partial charge in [0, 0.05) is 6.42 Å². The third-order valence-electron chi connectivity index (χ3n) is 2.36. The largest absolute Gasteiger partial charge is 0.454 e. The van der Waals surface area contributed by atoms with Crippen molar-refractivity contribution in [3.8, 4) is 11.5 Å². The third kappa shape index (κ3) is 2.52. The van der Waals surface area contributed by atoms with Crippen molar-refractivity contribution in [2.24, 2.45) is 0 Å². The lowest BCUT2D eigenvalue weighted by Gasteiger charge is -2.04. The first kappa shape index (κ1) is 11.0. The molecule has 0 unspecified atom stereocenters. The van der Waals surface area contributed by atoms with Crippen molar-refractivity contribution < 1.29 is 19.0 Å².